The summed E-state index contributed by atoms with van der Waals surface area (Å²) in [5.74, 6) is 0.694. The number of sulfonamides is 1. The normalized spacial score (nSPS) is 25.8. The number of rotatable bonds is 3. The summed E-state index contributed by atoms with van der Waals surface area (Å²) >= 11 is 0. The predicted molar refractivity (Wildman–Crippen MR) is 72.5 cm³/mol. The zero-order valence-corrected chi connectivity index (χ0v) is 11.7. The molecule has 2 unspecified atom stereocenters. The van der Waals surface area contributed by atoms with Gasteiger partial charge in [-0.15, -0.1) is 0 Å². The highest BCUT2D eigenvalue weighted by atomic mass is 32.2. The quantitative estimate of drug-likeness (QED) is 0.894. The monoisotopic (exact) mass is 285 g/mol. The molecule has 0 aliphatic carbocycles. The van der Waals surface area contributed by atoms with Gasteiger partial charge in [0.1, 0.15) is 11.9 Å². The lowest BCUT2D eigenvalue weighted by Gasteiger charge is -2.21. The number of benzene rings is 1. The maximum absolute atomic E-state index is 11.5. The van der Waals surface area contributed by atoms with Crippen LogP contribution in [0, 0.1) is 0 Å². The minimum absolute atomic E-state index is 0.342. The summed E-state index contributed by atoms with van der Waals surface area (Å²) in [6, 6.07) is 9.27. The molecule has 19 heavy (non-hydrogen) atoms. The maximum Gasteiger partial charge on any atom is 0.211 e. The second-order valence-electron chi connectivity index (χ2n) is 4.78. The Labute approximate surface area is 113 Å². The summed E-state index contributed by atoms with van der Waals surface area (Å²) in [4.78, 5) is 0. The fourth-order valence-corrected chi connectivity index (χ4v) is 3.05. The number of hydrogen-bond acceptors (Lipinski definition) is 4. The Morgan fingerprint density at radius 1 is 1.21 bits per heavy atom. The highest BCUT2D eigenvalue weighted by molar-refractivity contribution is 7.88. The van der Waals surface area contributed by atoms with Crippen molar-refractivity contribution in [3.05, 3.63) is 30.3 Å². The highest BCUT2D eigenvalue weighted by Crippen LogP contribution is 2.20. The number of aliphatic hydroxyl groups is 1. The van der Waals surface area contributed by atoms with Crippen molar-refractivity contribution < 1.29 is 18.3 Å². The lowest BCUT2D eigenvalue weighted by molar-refractivity contribution is 0.0350. The highest BCUT2D eigenvalue weighted by Gasteiger charge is 2.29. The Bertz CT molecular complexity index is 503. The number of aliphatic hydroxyl groups excluding tert-OH is 1. The topological polar surface area (TPSA) is 66.8 Å². The van der Waals surface area contributed by atoms with Crippen LogP contribution in [0.2, 0.25) is 0 Å². The van der Waals surface area contributed by atoms with E-state index in [0.29, 0.717) is 31.7 Å². The first-order chi connectivity index (χ1) is 8.97. The molecule has 1 heterocycles. The summed E-state index contributed by atoms with van der Waals surface area (Å²) in [7, 11) is -3.20. The van der Waals surface area contributed by atoms with Crippen LogP contribution >= 0.6 is 0 Å². The molecule has 1 aromatic rings. The first-order valence-corrected chi connectivity index (χ1v) is 8.16. The fraction of sp³-hybridized carbons (Fsp3) is 0.538. The Morgan fingerprint density at radius 3 is 2.47 bits per heavy atom. The lowest BCUT2D eigenvalue weighted by atomic mass is 10.1. The van der Waals surface area contributed by atoms with Gasteiger partial charge in [-0.25, -0.2) is 12.7 Å². The smallest absolute Gasteiger partial charge is 0.211 e. The van der Waals surface area contributed by atoms with Gasteiger partial charge in [0.15, 0.2) is 0 Å². The van der Waals surface area contributed by atoms with Crippen LogP contribution in [-0.4, -0.2) is 49.4 Å². The van der Waals surface area contributed by atoms with Gasteiger partial charge >= 0.3 is 0 Å². The molecule has 0 spiro atoms. The van der Waals surface area contributed by atoms with E-state index in [2.05, 4.69) is 0 Å². The minimum atomic E-state index is -3.20. The van der Waals surface area contributed by atoms with Gasteiger partial charge in [0.05, 0.1) is 12.4 Å². The molecule has 1 aromatic carbocycles. The van der Waals surface area contributed by atoms with Crippen molar-refractivity contribution in [1.29, 1.82) is 0 Å². The number of para-hydroxylation sites is 1. The van der Waals surface area contributed by atoms with Crippen molar-refractivity contribution >= 4 is 10.0 Å². The fourth-order valence-electron chi connectivity index (χ4n) is 2.18. The van der Waals surface area contributed by atoms with Crippen LogP contribution in [0.3, 0.4) is 0 Å². The molecule has 0 saturated carbocycles. The zero-order valence-electron chi connectivity index (χ0n) is 10.9. The Kier molecular flexibility index (Phi) is 4.44. The molecule has 0 amide bonds. The molecule has 2 atom stereocenters. The van der Waals surface area contributed by atoms with E-state index in [4.69, 9.17) is 4.74 Å². The molecular weight excluding hydrogens is 266 g/mol. The molecule has 1 aliphatic heterocycles. The lowest BCUT2D eigenvalue weighted by Crippen LogP contribution is -2.32. The molecule has 106 valence electrons. The largest absolute Gasteiger partial charge is 0.488 e. The number of hydrogen-bond donors (Lipinski definition) is 1. The van der Waals surface area contributed by atoms with E-state index >= 15 is 0 Å². The van der Waals surface area contributed by atoms with Gasteiger partial charge in [0.25, 0.3) is 0 Å². The van der Waals surface area contributed by atoms with Gasteiger partial charge in [0.2, 0.25) is 10.0 Å². The van der Waals surface area contributed by atoms with Gasteiger partial charge in [-0.1, -0.05) is 18.2 Å². The predicted octanol–water partition coefficient (Wildman–Crippen LogP) is 0.850. The first kappa shape index (κ1) is 14.3. The maximum atomic E-state index is 11.5. The average molecular weight is 285 g/mol. The van der Waals surface area contributed by atoms with E-state index in [0.717, 1.165) is 0 Å². The third-order valence-electron chi connectivity index (χ3n) is 3.27. The first-order valence-electron chi connectivity index (χ1n) is 6.32. The van der Waals surface area contributed by atoms with E-state index in [1.54, 1.807) is 0 Å². The third-order valence-corrected chi connectivity index (χ3v) is 4.57. The molecule has 0 aromatic heterocycles. The summed E-state index contributed by atoms with van der Waals surface area (Å²) in [6.07, 6.45) is 1.06. The second kappa shape index (κ2) is 5.90. The molecule has 0 radical (unpaired) electrons. The zero-order chi connectivity index (χ0) is 13.9. The summed E-state index contributed by atoms with van der Waals surface area (Å²) in [5, 5.41) is 10.0. The molecular formula is C13H19NO4S. The van der Waals surface area contributed by atoms with E-state index < -0.39 is 16.1 Å². The average Bonchev–Trinajstić information content (AvgIpc) is 2.53. The van der Waals surface area contributed by atoms with E-state index in [1.165, 1.54) is 10.6 Å². The Hall–Kier alpha value is -1.11. The van der Waals surface area contributed by atoms with Crippen LogP contribution < -0.4 is 4.74 Å². The van der Waals surface area contributed by atoms with Crippen LogP contribution in [-0.2, 0) is 10.0 Å². The van der Waals surface area contributed by atoms with Gasteiger partial charge in [0, 0.05) is 19.5 Å². The third kappa shape index (κ3) is 3.92. The number of nitrogens with zero attached hydrogens (tertiary/aromatic N) is 1. The molecule has 2 rings (SSSR count). The van der Waals surface area contributed by atoms with Crippen LogP contribution in [0.5, 0.6) is 5.75 Å². The van der Waals surface area contributed by atoms with Crippen LogP contribution in [0.1, 0.15) is 12.8 Å². The molecule has 1 saturated heterocycles. The van der Waals surface area contributed by atoms with E-state index in [-0.39, 0.29) is 6.10 Å². The van der Waals surface area contributed by atoms with Crippen molar-refractivity contribution in [3.8, 4) is 5.75 Å². The van der Waals surface area contributed by atoms with Crippen molar-refractivity contribution in [2.75, 3.05) is 19.3 Å². The SMILES string of the molecule is CS(=O)(=O)N1CCC(O)C(Oc2ccccc2)CC1. The standard InChI is InChI=1S/C13H19NO4S/c1-19(16,17)14-9-7-12(15)13(8-10-14)18-11-5-3-2-4-6-11/h2-6,12-13,15H,7-10H2,1H3. The van der Waals surface area contributed by atoms with Gasteiger partial charge in [-0.2, -0.15) is 0 Å². The molecule has 1 fully saturated rings. The van der Waals surface area contributed by atoms with Gasteiger partial charge in [-0.3, -0.25) is 0 Å². The second-order valence-corrected chi connectivity index (χ2v) is 6.76. The molecule has 5 nitrogen and oxygen atoms in total. The van der Waals surface area contributed by atoms with Crippen LogP contribution in [0.25, 0.3) is 0 Å². The van der Waals surface area contributed by atoms with Gasteiger partial charge in [-0.05, 0) is 18.6 Å². The van der Waals surface area contributed by atoms with Gasteiger partial charge < -0.3 is 9.84 Å². The molecule has 1 N–H and O–H groups in total. The van der Waals surface area contributed by atoms with Crippen LogP contribution in [0.15, 0.2) is 30.3 Å². The molecule has 6 heteroatoms. The summed E-state index contributed by atoms with van der Waals surface area (Å²) < 4.78 is 30.2. The van der Waals surface area contributed by atoms with Crippen LogP contribution in [0.4, 0.5) is 0 Å². The van der Waals surface area contributed by atoms with Crippen molar-refractivity contribution in [2.45, 2.75) is 25.0 Å². The van der Waals surface area contributed by atoms with E-state index in [1.807, 2.05) is 30.3 Å². The minimum Gasteiger partial charge on any atom is -0.488 e. The number of ether oxygens (including phenoxy) is 1. The Morgan fingerprint density at radius 2 is 1.84 bits per heavy atom. The van der Waals surface area contributed by atoms with Crippen molar-refractivity contribution in [3.63, 3.8) is 0 Å². The molecule has 0 bridgehead atoms. The summed E-state index contributed by atoms with van der Waals surface area (Å²) in [6.45, 7) is 0.724. The molecule has 1 aliphatic rings. The summed E-state index contributed by atoms with van der Waals surface area (Å²) in [5.41, 5.74) is 0. The van der Waals surface area contributed by atoms with E-state index in [9.17, 15) is 13.5 Å². The van der Waals surface area contributed by atoms with Crippen molar-refractivity contribution in [2.24, 2.45) is 0 Å². The Balaban J connectivity index is 2.03. The van der Waals surface area contributed by atoms with Crippen molar-refractivity contribution in [1.82, 2.24) is 4.31 Å².